The second-order valence-electron chi connectivity index (χ2n) is 9.02. The number of hydrogen-bond donors (Lipinski definition) is 1. The molecule has 2 amide bonds. The Bertz CT molecular complexity index is 898. The van der Waals surface area contributed by atoms with Crippen LogP contribution in [0, 0.1) is 20.8 Å². The van der Waals surface area contributed by atoms with Crippen LogP contribution in [0.3, 0.4) is 0 Å². The molecule has 0 radical (unpaired) electrons. The summed E-state index contributed by atoms with van der Waals surface area (Å²) in [7, 11) is 0. The van der Waals surface area contributed by atoms with E-state index >= 15 is 0 Å². The molecule has 1 saturated carbocycles. The third kappa shape index (κ3) is 6.19. The van der Waals surface area contributed by atoms with Gasteiger partial charge in [-0.2, -0.15) is 0 Å². The Kier molecular flexibility index (Phi) is 7.89. The molecule has 0 aromatic heterocycles. The molecule has 1 N–H and O–H groups in total. The molecule has 2 aromatic carbocycles. The minimum Gasteiger partial charge on any atom is -0.352 e. The highest BCUT2D eigenvalue weighted by molar-refractivity contribution is 5.88. The Morgan fingerprint density at radius 1 is 0.968 bits per heavy atom. The highest BCUT2D eigenvalue weighted by atomic mass is 16.2. The van der Waals surface area contributed by atoms with Crippen LogP contribution in [0.2, 0.25) is 0 Å². The third-order valence-corrected chi connectivity index (χ3v) is 6.49. The van der Waals surface area contributed by atoms with Crippen molar-refractivity contribution in [1.82, 2.24) is 10.2 Å². The number of nitrogens with one attached hydrogen (secondary N) is 1. The van der Waals surface area contributed by atoms with Crippen molar-refractivity contribution in [1.29, 1.82) is 0 Å². The van der Waals surface area contributed by atoms with Crippen LogP contribution in [-0.2, 0) is 22.6 Å². The molecule has 1 aliphatic carbocycles. The van der Waals surface area contributed by atoms with Crippen LogP contribution in [0.4, 0.5) is 0 Å². The van der Waals surface area contributed by atoms with Crippen molar-refractivity contribution in [3.63, 3.8) is 0 Å². The lowest BCUT2D eigenvalue weighted by atomic mass is 10.0. The quantitative estimate of drug-likeness (QED) is 0.652. The summed E-state index contributed by atoms with van der Waals surface area (Å²) in [5.41, 5.74) is 5.62. The number of carbonyl (C=O) groups excluding carboxylic acids is 2. The van der Waals surface area contributed by atoms with Gasteiger partial charge in [-0.05, 0) is 62.3 Å². The largest absolute Gasteiger partial charge is 0.352 e. The summed E-state index contributed by atoms with van der Waals surface area (Å²) in [6, 6.07) is 14.2. The highest BCUT2D eigenvalue weighted by Gasteiger charge is 2.30. The van der Waals surface area contributed by atoms with Crippen LogP contribution in [0.1, 0.15) is 66.8 Å². The fourth-order valence-corrected chi connectivity index (χ4v) is 4.37. The Balaban J connectivity index is 1.82. The van der Waals surface area contributed by atoms with Crippen molar-refractivity contribution in [2.75, 3.05) is 0 Å². The first-order valence-electron chi connectivity index (χ1n) is 11.6. The van der Waals surface area contributed by atoms with Crippen molar-refractivity contribution in [3.8, 4) is 0 Å². The molecular weight excluding hydrogens is 384 g/mol. The van der Waals surface area contributed by atoms with Crippen molar-refractivity contribution in [2.24, 2.45) is 0 Å². The normalized spacial score (nSPS) is 15.0. The lowest BCUT2D eigenvalue weighted by Gasteiger charge is -2.31. The third-order valence-electron chi connectivity index (χ3n) is 6.49. The fourth-order valence-electron chi connectivity index (χ4n) is 4.37. The van der Waals surface area contributed by atoms with Gasteiger partial charge in [0.1, 0.15) is 6.04 Å². The second-order valence-corrected chi connectivity index (χ2v) is 9.02. The zero-order valence-electron chi connectivity index (χ0n) is 19.4. The SMILES string of the molecule is CC[C@@H](C(=O)NC1CCCC1)N(Cc1ccc(C)cc1)C(=O)Cc1ccc(C)c(C)c1. The topological polar surface area (TPSA) is 49.4 Å². The predicted octanol–water partition coefficient (Wildman–Crippen LogP) is 5.02. The standard InChI is InChI=1S/C27H36N2O2/c1-5-25(27(31)28-24-8-6-7-9-24)29(18-22-13-10-19(2)11-14-22)26(30)17-23-15-12-20(3)21(4)16-23/h10-16,24-25H,5-9,17-18H2,1-4H3,(H,28,31)/t25-/m0/s1. The Labute approximate surface area is 187 Å². The molecule has 0 aliphatic heterocycles. The smallest absolute Gasteiger partial charge is 0.243 e. The van der Waals surface area contributed by atoms with E-state index in [1.54, 1.807) is 4.90 Å². The molecule has 166 valence electrons. The number of hydrogen-bond acceptors (Lipinski definition) is 2. The summed E-state index contributed by atoms with van der Waals surface area (Å²) >= 11 is 0. The van der Waals surface area contributed by atoms with Gasteiger partial charge in [0.05, 0.1) is 6.42 Å². The summed E-state index contributed by atoms with van der Waals surface area (Å²) in [5, 5.41) is 3.21. The Hall–Kier alpha value is -2.62. The van der Waals surface area contributed by atoms with Gasteiger partial charge in [0.15, 0.2) is 0 Å². The zero-order chi connectivity index (χ0) is 22.4. The van der Waals surface area contributed by atoms with Crippen LogP contribution in [-0.4, -0.2) is 28.8 Å². The van der Waals surface area contributed by atoms with E-state index in [0.717, 1.165) is 24.0 Å². The van der Waals surface area contributed by atoms with Gasteiger partial charge in [-0.25, -0.2) is 0 Å². The van der Waals surface area contributed by atoms with Gasteiger partial charge in [0, 0.05) is 12.6 Å². The zero-order valence-corrected chi connectivity index (χ0v) is 19.4. The minimum absolute atomic E-state index is 0.00255. The van der Waals surface area contributed by atoms with Gasteiger partial charge in [-0.15, -0.1) is 0 Å². The van der Waals surface area contributed by atoms with E-state index in [1.807, 2.05) is 25.1 Å². The minimum atomic E-state index is -0.457. The van der Waals surface area contributed by atoms with Crippen molar-refractivity contribution in [2.45, 2.75) is 84.8 Å². The van der Waals surface area contributed by atoms with Gasteiger partial charge < -0.3 is 10.2 Å². The highest BCUT2D eigenvalue weighted by Crippen LogP contribution is 2.20. The van der Waals surface area contributed by atoms with E-state index in [9.17, 15) is 9.59 Å². The molecule has 1 atom stereocenters. The number of carbonyl (C=O) groups is 2. The molecule has 3 rings (SSSR count). The van der Waals surface area contributed by atoms with Gasteiger partial charge in [-0.1, -0.05) is 67.8 Å². The van der Waals surface area contributed by atoms with E-state index in [4.69, 9.17) is 0 Å². The maximum atomic E-state index is 13.5. The van der Waals surface area contributed by atoms with E-state index in [0.29, 0.717) is 19.4 Å². The number of benzene rings is 2. The summed E-state index contributed by atoms with van der Waals surface area (Å²) in [5.74, 6) is -0.0211. The molecular formula is C27H36N2O2. The first-order chi connectivity index (χ1) is 14.9. The summed E-state index contributed by atoms with van der Waals surface area (Å²) < 4.78 is 0. The lowest BCUT2D eigenvalue weighted by molar-refractivity contribution is -0.141. The average Bonchev–Trinajstić information content (AvgIpc) is 3.25. The van der Waals surface area contributed by atoms with Gasteiger partial charge >= 0.3 is 0 Å². The van der Waals surface area contributed by atoms with Crippen LogP contribution < -0.4 is 5.32 Å². The number of amides is 2. The molecule has 0 spiro atoms. The molecule has 0 bridgehead atoms. The summed E-state index contributed by atoms with van der Waals surface area (Å²) in [6.07, 6.45) is 5.32. The van der Waals surface area contributed by atoms with E-state index in [2.05, 4.69) is 50.4 Å². The van der Waals surface area contributed by atoms with Crippen molar-refractivity contribution >= 4 is 11.8 Å². The van der Waals surface area contributed by atoms with Gasteiger partial charge in [-0.3, -0.25) is 9.59 Å². The molecule has 0 heterocycles. The lowest BCUT2D eigenvalue weighted by Crippen LogP contribution is -2.51. The maximum Gasteiger partial charge on any atom is 0.243 e. The van der Waals surface area contributed by atoms with E-state index in [1.165, 1.54) is 29.5 Å². The fraction of sp³-hybridized carbons (Fsp3) is 0.481. The van der Waals surface area contributed by atoms with Crippen LogP contribution >= 0.6 is 0 Å². The van der Waals surface area contributed by atoms with Crippen molar-refractivity contribution < 1.29 is 9.59 Å². The molecule has 1 fully saturated rings. The second kappa shape index (κ2) is 10.6. The van der Waals surface area contributed by atoms with Gasteiger partial charge in [0.25, 0.3) is 0 Å². The van der Waals surface area contributed by atoms with E-state index in [-0.39, 0.29) is 17.9 Å². The van der Waals surface area contributed by atoms with Crippen LogP contribution in [0.15, 0.2) is 42.5 Å². The van der Waals surface area contributed by atoms with E-state index < -0.39 is 6.04 Å². The first-order valence-corrected chi connectivity index (χ1v) is 11.6. The molecule has 4 heteroatoms. The van der Waals surface area contributed by atoms with Crippen LogP contribution in [0.5, 0.6) is 0 Å². The molecule has 2 aromatic rings. The Morgan fingerprint density at radius 3 is 2.23 bits per heavy atom. The molecule has 0 saturated heterocycles. The monoisotopic (exact) mass is 420 g/mol. The summed E-state index contributed by atoms with van der Waals surface area (Å²) in [6.45, 7) is 8.63. The van der Waals surface area contributed by atoms with Crippen LogP contribution in [0.25, 0.3) is 0 Å². The maximum absolute atomic E-state index is 13.5. The number of nitrogens with zero attached hydrogens (tertiary/aromatic N) is 1. The number of aryl methyl sites for hydroxylation is 3. The predicted molar refractivity (Wildman–Crippen MR) is 126 cm³/mol. The summed E-state index contributed by atoms with van der Waals surface area (Å²) in [4.78, 5) is 28.4. The Morgan fingerprint density at radius 2 is 1.61 bits per heavy atom. The van der Waals surface area contributed by atoms with Gasteiger partial charge in [0.2, 0.25) is 11.8 Å². The first kappa shape index (κ1) is 23.1. The molecule has 1 aliphatic rings. The molecule has 31 heavy (non-hydrogen) atoms. The molecule has 0 unspecified atom stereocenters. The number of rotatable bonds is 8. The molecule has 4 nitrogen and oxygen atoms in total. The average molecular weight is 421 g/mol. The van der Waals surface area contributed by atoms with Crippen molar-refractivity contribution in [3.05, 3.63) is 70.3 Å².